The molecule has 4 aromatic rings. The fourth-order valence-corrected chi connectivity index (χ4v) is 4.19. The number of aryl methyl sites for hydroxylation is 2. The van der Waals surface area contributed by atoms with Gasteiger partial charge in [0.05, 0.1) is 7.11 Å². The van der Waals surface area contributed by atoms with Crippen LogP contribution in [-0.4, -0.2) is 24.0 Å². The highest BCUT2D eigenvalue weighted by Gasteiger charge is 2.14. The van der Waals surface area contributed by atoms with Crippen molar-refractivity contribution in [2.24, 2.45) is 0 Å². The maximum absolute atomic E-state index is 12.9. The number of benzene rings is 4. The van der Waals surface area contributed by atoms with Crippen LogP contribution in [0.25, 0.3) is 11.1 Å². The number of thiocarbonyl (C=S) groups is 1. The number of methoxy groups -OCH3 is 1. The van der Waals surface area contributed by atoms with Crippen LogP contribution in [0.2, 0.25) is 0 Å². The molecular weight excluding hydrogens is 494 g/mol. The maximum Gasteiger partial charge on any atom is 0.257 e. The number of carbonyl (C=O) groups is 2. The van der Waals surface area contributed by atoms with Gasteiger partial charge < -0.3 is 15.4 Å². The lowest BCUT2D eigenvalue weighted by molar-refractivity contribution is 0.0976. The Kier molecular flexibility index (Phi) is 8.19. The lowest BCUT2D eigenvalue weighted by Gasteiger charge is -2.14. The Morgan fingerprint density at radius 2 is 1.39 bits per heavy atom. The maximum atomic E-state index is 12.9. The second-order valence-corrected chi connectivity index (χ2v) is 9.36. The van der Waals surface area contributed by atoms with Gasteiger partial charge in [-0.2, -0.15) is 0 Å². The van der Waals surface area contributed by atoms with Gasteiger partial charge in [0.15, 0.2) is 5.11 Å². The summed E-state index contributed by atoms with van der Waals surface area (Å²) in [6.07, 6.45) is 0. The standard InChI is InChI=1S/C31H29N3O3S/c1-19-10-15-26(32-31(38)34-30(36)25-16-20(2)21(3)28(17-25)37-4)18-27(19)33-29(35)24-13-11-23(12-14-24)22-8-6-5-7-9-22/h5-18H,1-4H3,(H,33,35)(H2,32,34,36,38). The fraction of sp³-hybridized carbons (Fsp3) is 0.129. The molecule has 0 atom stereocenters. The van der Waals surface area contributed by atoms with Crippen LogP contribution in [0.1, 0.15) is 37.4 Å². The van der Waals surface area contributed by atoms with Crippen molar-refractivity contribution in [2.45, 2.75) is 20.8 Å². The third kappa shape index (κ3) is 6.25. The van der Waals surface area contributed by atoms with E-state index < -0.39 is 0 Å². The molecule has 0 bridgehead atoms. The molecule has 0 aliphatic heterocycles. The highest BCUT2D eigenvalue weighted by molar-refractivity contribution is 7.80. The Labute approximate surface area is 228 Å². The van der Waals surface area contributed by atoms with Crippen LogP contribution in [0.5, 0.6) is 5.75 Å². The van der Waals surface area contributed by atoms with E-state index >= 15 is 0 Å². The van der Waals surface area contributed by atoms with Gasteiger partial charge in [-0.15, -0.1) is 0 Å². The highest BCUT2D eigenvalue weighted by Crippen LogP contribution is 2.24. The second kappa shape index (κ2) is 11.7. The van der Waals surface area contributed by atoms with Crippen molar-refractivity contribution in [3.05, 3.63) is 113 Å². The first kappa shape index (κ1) is 26.6. The summed E-state index contributed by atoms with van der Waals surface area (Å²) in [6.45, 7) is 5.77. The monoisotopic (exact) mass is 523 g/mol. The van der Waals surface area contributed by atoms with Gasteiger partial charge in [0.1, 0.15) is 5.75 Å². The number of amides is 2. The molecule has 38 heavy (non-hydrogen) atoms. The lowest BCUT2D eigenvalue weighted by Crippen LogP contribution is -2.34. The molecule has 0 aliphatic rings. The summed E-state index contributed by atoms with van der Waals surface area (Å²) < 4.78 is 5.37. The van der Waals surface area contributed by atoms with Gasteiger partial charge in [-0.1, -0.05) is 48.5 Å². The second-order valence-electron chi connectivity index (χ2n) is 8.96. The molecule has 7 heteroatoms. The summed E-state index contributed by atoms with van der Waals surface area (Å²) >= 11 is 5.36. The summed E-state index contributed by atoms with van der Waals surface area (Å²) in [5, 5.41) is 8.83. The summed E-state index contributed by atoms with van der Waals surface area (Å²) in [7, 11) is 1.57. The summed E-state index contributed by atoms with van der Waals surface area (Å²) in [4.78, 5) is 25.7. The van der Waals surface area contributed by atoms with E-state index in [9.17, 15) is 9.59 Å². The van der Waals surface area contributed by atoms with Crippen molar-refractivity contribution in [3.63, 3.8) is 0 Å². The molecule has 0 radical (unpaired) electrons. The number of anilines is 2. The van der Waals surface area contributed by atoms with E-state index in [1.807, 2.05) is 87.5 Å². The average molecular weight is 524 g/mol. The summed E-state index contributed by atoms with van der Waals surface area (Å²) in [6, 6.07) is 26.4. The van der Waals surface area contributed by atoms with Crippen LogP contribution in [0, 0.1) is 20.8 Å². The Bertz CT molecular complexity index is 1500. The summed E-state index contributed by atoms with van der Waals surface area (Å²) in [5.74, 6) is 0.0792. The first-order valence-corrected chi connectivity index (χ1v) is 12.5. The quantitative estimate of drug-likeness (QED) is 0.246. The van der Waals surface area contributed by atoms with E-state index in [0.717, 1.165) is 27.8 Å². The Hall–Kier alpha value is -4.49. The summed E-state index contributed by atoms with van der Waals surface area (Å²) in [5.41, 5.74) is 7.22. The van der Waals surface area contributed by atoms with E-state index in [-0.39, 0.29) is 16.9 Å². The van der Waals surface area contributed by atoms with Gasteiger partial charge in [0.25, 0.3) is 11.8 Å². The van der Waals surface area contributed by atoms with Crippen molar-refractivity contribution < 1.29 is 14.3 Å². The van der Waals surface area contributed by atoms with Crippen LogP contribution < -0.4 is 20.7 Å². The molecule has 0 aliphatic carbocycles. The molecule has 0 fully saturated rings. The van der Waals surface area contributed by atoms with Crippen LogP contribution in [0.3, 0.4) is 0 Å². The van der Waals surface area contributed by atoms with Crippen molar-refractivity contribution in [3.8, 4) is 16.9 Å². The number of nitrogens with one attached hydrogen (secondary N) is 3. The van der Waals surface area contributed by atoms with Crippen molar-refractivity contribution in [2.75, 3.05) is 17.7 Å². The Morgan fingerprint density at radius 3 is 2.08 bits per heavy atom. The highest BCUT2D eigenvalue weighted by atomic mass is 32.1. The molecule has 0 saturated heterocycles. The van der Waals surface area contributed by atoms with Crippen LogP contribution in [0.15, 0.2) is 84.9 Å². The van der Waals surface area contributed by atoms with Crippen molar-refractivity contribution >= 4 is 40.5 Å². The zero-order valence-electron chi connectivity index (χ0n) is 21.7. The molecule has 4 rings (SSSR count). The topological polar surface area (TPSA) is 79.5 Å². The van der Waals surface area contributed by atoms with Crippen molar-refractivity contribution in [1.82, 2.24) is 5.32 Å². The minimum atomic E-state index is -0.344. The molecule has 0 spiro atoms. The smallest absolute Gasteiger partial charge is 0.257 e. The number of hydrogen-bond acceptors (Lipinski definition) is 4. The molecule has 2 amide bonds. The van der Waals surface area contributed by atoms with Gasteiger partial charge in [-0.05, 0) is 97.2 Å². The first-order chi connectivity index (χ1) is 18.2. The van der Waals surface area contributed by atoms with E-state index in [0.29, 0.717) is 28.3 Å². The predicted molar refractivity (Wildman–Crippen MR) is 157 cm³/mol. The average Bonchev–Trinajstić information content (AvgIpc) is 2.92. The van der Waals surface area contributed by atoms with E-state index in [1.165, 1.54) is 0 Å². The Balaban J connectivity index is 1.41. The number of rotatable bonds is 6. The predicted octanol–water partition coefficient (Wildman–Crippen LogP) is 6.67. The Morgan fingerprint density at radius 1 is 0.711 bits per heavy atom. The molecule has 0 saturated carbocycles. The lowest BCUT2D eigenvalue weighted by atomic mass is 10.0. The third-order valence-corrected chi connectivity index (χ3v) is 6.53. The van der Waals surface area contributed by atoms with E-state index in [4.69, 9.17) is 17.0 Å². The van der Waals surface area contributed by atoms with Gasteiger partial charge in [0.2, 0.25) is 0 Å². The van der Waals surface area contributed by atoms with Crippen LogP contribution in [0.4, 0.5) is 11.4 Å². The van der Waals surface area contributed by atoms with Gasteiger partial charge in [0, 0.05) is 22.5 Å². The molecule has 0 aromatic heterocycles. The normalized spacial score (nSPS) is 10.4. The zero-order chi connectivity index (χ0) is 27.2. The number of ether oxygens (including phenoxy) is 1. The zero-order valence-corrected chi connectivity index (χ0v) is 22.5. The van der Waals surface area contributed by atoms with Gasteiger partial charge in [-0.25, -0.2) is 0 Å². The molecule has 4 aromatic carbocycles. The van der Waals surface area contributed by atoms with E-state index in [2.05, 4.69) is 16.0 Å². The fourth-order valence-electron chi connectivity index (χ4n) is 3.98. The van der Waals surface area contributed by atoms with Crippen LogP contribution >= 0.6 is 12.2 Å². The molecular formula is C31H29N3O3S. The minimum absolute atomic E-state index is 0.143. The molecule has 3 N–H and O–H groups in total. The SMILES string of the molecule is COc1cc(C(=O)NC(=S)Nc2ccc(C)c(NC(=O)c3ccc(-c4ccccc4)cc3)c2)cc(C)c1C. The largest absolute Gasteiger partial charge is 0.496 e. The minimum Gasteiger partial charge on any atom is -0.496 e. The third-order valence-electron chi connectivity index (χ3n) is 6.33. The molecule has 6 nitrogen and oxygen atoms in total. The molecule has 0 heterocycles. The first-order valence-electron chi connectivity index (χ1n) is 12.1. The number of carbonyl (C=O) groups excluding carboxylic acids is 2. The number of hydrogen-bond donors (Lipinski definition) is 3. The van der Waals surface area contributed by atoms with Crippen molar-refractivity contribution in [1.29, 1.82) is 0 Å². The molecule has 0 unspecified atom stereocenters. The van der Waals surface area contributed by atoms with Gasteiger partial charge in [-0.3, -0.25) is 14.9 Å². The van der Waals surface area contributed by atoms with Gasteiger partial charge >= 0.3 is 0 Å². The van der Waals surface area contributed by atoms with Crippen LogP contribution in [-0.2, 0) is 0 Å². The van der Waals surface area contributed by atoms with E-state index in [1.54, 1.807) is 25.3 Å². The molecule has 192 valence electrons.